The van der Waals surface area contributed by atoms with Crippen LogP contribution in [0.15, 0.2) is 85.5 Å². The number of ether oxygens (including phenoxy) is 1. The summed E-state index contributed by atoms with van der Waals surface area (Å²) in [6, 6.07) is 13.8. The first-order valence-corrected chi connectivity index (χ1v) is 25.3. The summed E-state index contributed by atoms with van der Waals surface area (Å²) in [4.78, 5) is 58.7. The molecule has 2 saturated heterocycles. The fraction of sp³-hybridized carbons (Fsp3) is 0.327. The molecule has 4 amide bonds. The standard InChI is InChI=1S/C49H49F3N14O7S/c1-27(28-6-9-31(50)10-7-28)73-39-22-29(8-11-36(39)60-74(71,72)49(51)52)43-42-44(62(2)59-43)35(24-55-45(42)53)30-23-56-65(25-30)33-15-19-63(20-16-33)18-14-32-26-64(61-58-32)21-17-54-37-5-3-4-34-41(37)48(70)66(47(34)69)38-12-13-40(67)57-46(38)68/h3-11,22-27,33,38,49,54,60H,12-21H2,1-2H3,(H2,53,55)(H,57,67,68)/t27-,38?/m0/s1. The Morgan fingerprint density at radius 1 is 0.919 bits per heavy atom. The summed E-state index contributed by atoms with van der Waals surface area (Å²) < 4.78 is 78.6. The second-order valence-corrected chi connectivity index (χ2v) is 19.9. The van der Waals surface area contributed by atoms with Gasteiger partial charge in [0.2, 0.25) is 11.8 Å². The number of benzene rings is 3. The molecule has 5 N–H and O–H groups in total. The maximum Gasteiger partial charge on any atom is 0.355 e. The van der Waals surface area contributed by atoms with Crippen molar-refractivity contribution in [2.45, 2.75) is 69.5 Å². The van der Waals surface area contributed by atoms with Gasteiger partial charge in [0.15, 0.2) is 0 Å². The predicted octanol–water partition coefficient (Wildman–Crippen LogP) is 5.31. The number of nitrogens with two attached hydrogens (primary N) is 1. The Labute approximate surface area is 420 Å². The minimum atomic E-state index is -5.07. The number of hydrogen-bond donors (Lipinski definition) is 4. The maximum absolute atomic E-state index is 13.7. The number of imide groups is 2. The average Bonchev–Trinajstić information content (AvgIpc) is 4.19. The Morgan fingerprint density at radius 2 is 1.70 bits per heavy atom. The first-order chi connectivity index (χ1) is 35.5. The maximum atomic E-state index is 13.7. The highest BCUT2D eigenvalue weighted by atomic mass is 32.2. The first-order valence-electron chi connectivity index (χ1n) is 23.7. The van der Waals surface area contributed by atoms with Crippen LogP contribution in [-0.4, -0.2) is 119 Å². The molecule has 74 heavy (non-hydrogen) atoms. The lowest BCUT2D eigenvalue weighted by molar-refractivity contribution is -0.136. The highest BCUT2D eigenvalue weighted by Gasteiger charge is 2.45. The number of fused-ring (bicyclic) bond motifs is 2. The van der Waals surface area contributed by atoms with Crippen LogP contribution in [0.25, 0.3) is 33.3 Å². The Hall–Kier alpha value is -8.19. The Bertz CT molecular complexity index is 3450. The lowest BCUT2D eigenvalue weighted by Gasteiger charge is -2.31. The number of sulfonamides is 1. The summed E-state index contributed by atoms with van der Waals surface area (Å²) in [5.74, 6) is -6.33. The van der Waals surface area contributed by atoms with Gasteiger partial charge in [0.05, 0.1) is 52.2 Å². The van der Waals surface area contributed by atoms with E-state index in [9.17, 15) is 40.8 Å². The van der Waals surface area contributed by atoms with E-state index in [4.69, 9.17) is 20.7 Å². The normalized spacial score (nSPS) is 17.1. The lowest BCUT2D eigenvalue weighted by Crippen LogP contribution is -2.54. The number of carbonyl (C=O) groups is 4. The van der Waals surface area contributed by atoms with Gasteiger partial charge in [-0.2, -0.15) is 19.0 Å². The topological polar surface area (TPSA) is 259 Å². The molecule has 384 valence electrons. The summed E-state index contributed by atoms with van der Waals surface area (Å²) in [5.41, 5.74) is 11.4. The van der Waals surface area contributed by atoms with Crippen LogP contribution in [0.3, 0.4) is 0 Å². The van der Waals surface area contributed by atoms with Crippen LogP contribution in [-0.2, 0) is 39.6 Å². The molecular formula is C49H49F3N14O7S. The van der Waals surface area contributed by atoms with Crippen LogP contribution in [0, 0.1) is 5.82 Å². The molecule has 0 spiro atoms. The zero-order valence-corrected chi connectivity index (χ0v) is 40.7. The summed E-state index contributed by atoms with van der Waals surface area (Å²) in [7, 11) is -3.32. The lowest BCUT2D eigenvalue weighted by atomic mass is 10.0. The van der Waals surface area contributed by atoms with Crippen LogP contribution in [0.2, 0.25) is 0 Å². The van der Waals surface area contributed by atoms with Gasteiger partial charge in [-0.05, 0) is 68.1 Å². The van der Waals surface area contributed by atoms with Gasteiger partial charge in [0.25, 0.3) is 21.8 Å². The van der Waals surface area contributed by atoms with E-state index in [-0.39, 0.29) is 47.3 Å². The molecule has 3 aliphatic rings. The first kappa shape index (κ1) is 49.4. The number of piperidine rings is 2. The molecular weight excluding hydrogens is 986 g/mol. The molecule has 10 rings (SSSR count). The van der Waals surface area contributed by atoms with Gasteiger partial charge in [0, 0.05) is 87.0 Å². The third kappa shape index (κ3) is 9.73. The van der Waals surface area contributed by atoms with Crippen LogP contribution in [0.5, 0.6) is 5.75 Å². The highest BCUT2D eigenvalue weighted by molar-refractivity contribution is 7.93. The van der Waals surface area contributed by atoms with Gasteiger partial charge in [-0.25, -0.2) is 17.8 Å². The number of halogens is 3. The third-order valence-corrected chi connectivity index (χ3v) is 14.5. The van der Waals surface area contributed by atoms with Crippen molar-refractivity contribution in [3.05, 3.63) is 114 Å². The van der Waals surface area contributed by atoms with Crippen molar-refractivity contribution in [1.82, 2.24) is 54.7 Å². The van der Waals surface area contributed by atoms with Gasteiger partial charge in [-0.15, -0.1) is 5.10 Å². The molecule has 3 aliphatic heterocycles. The number of amides is 4. The number of aromatic nitrogens is 8. The Kier molecular flexibility index (Phi) is 13.4. The molecule has 0 radical (unpaired) electrons. The number of likely N-dealkylation sites (tertiary alicyclic amines) is 1. The molecule has 1 unspecified atom stereocenters. The number of nitrogens with zero attached hydrogens (tertiary/aromatic N) is 10. The third-order valence-electron chi connectivity index (χ3n) is 13.5. The SMILES string of the molecule is C[C@H](Oc1cc(-c2nn(C)c3c(-c4cnn(C5CCN(CCc6cn(CCNc7cccc8c7C(=O)N(C7CCC(=O)NC7=O)C8=O)nn6)CC5)c4)cnc(N)c23)ccc1NS(=O)(=O)C(F)F)c1ccc(F)cc1. The molecule has 4 aromatic heterocycles. The number of alkyl halides is 2. The fourth-order valence-corrected chi connectivity index (χ4v) is 10.2. The molecule has 2 atom stereocenters. The smallest absolute Gasteiger partial charge is 0.355 e. The largest absolute Gasteiger partial charge is 0.484 e. The molecule has 2 fully saturated rings. The van der Waals surface area contributed by atoms with E-state index in [0.717, 1.165) is 48.6 Å². The van der Waals surface area contributed by atoms with Crippen molar-refractivity contribution >= 4 is 61.7 Å². The van der Waals surface area contributed by atoms with Crippen molar-refractivity contribution in [1.29, 1.82) is 0 Å². The minimum absolute atomic E-state index is 0.0378. The van der Waals surface area contributed by atoms with Crippen LogP contribution >= 0.6 is 0 Å². The van der Waals surface area contributed by atoms with E-state index in [2.05, 4.69) is 30.8 Å². The summed E-state index contributed by atoms with van der Waals surface area (Å²) in [6.07, 6.45) is 9.01. The van der Waals surface area contributed by atoms with E-state index in [1.54, 1.807) is 53.9 Å². The van der Waals surface area contributed by atoms with Crippen LogP contribution in [0.1, 0.15) is 76.7 Å². The average molecular weight is 1040 g/mol. The second-order valence-electron chi connectivity index (χ2n) is 18.3. The molecule has 0 saturated carbocycles. The number of carbonyl (C=O) groups excluding carboxylic acids is 4. The predicted molar refractivity (Wildman–Crippen MR) is 264 cm³/mol. The Balaban J connectivity index is 0.760. The van der Waals surface area contributed by atoms with E-state index >= 15 is 0 Å². The second kappa shape index (κ2) is 20.0. The van der Waals surface area contributed by atoms with Crippen molar-refractivity contribution < 1.29 is 45.5 Å². The summed E-state index contributed by atoms with van der Waals surface area (Å²) in [5, 5.41) is 24.1. The molecule has 7 heterocycles. The van der Waals surface area contributed by atoms with E-state index in [0.29, 0.717) is 58.5 Å². The molecule has 0 aliphatic carbocycles. The number of nitrogen functional groups attached to an aromatic ring is 1. The summed E-state index contributed by atoms with van der Waals surface area (Å²) in [6.45, 7) is 4.89. The monoisotopic (exact) mass is 1030 g/mol. The zero-order chi connectivity index (χ0) is 52.0. The number of anilines is 3. The number of aryl methyl sites for hydroxylation is 1. The molecule has 3 aromatic carbocycles. The Morgan fingerprint density at radius 3 is 2.46 bits per heavy atom. The number of pyridine rings is 1. The van der Waals surface area contributed by atoms with Crippen molar-refractivity contribution in [2.75, 3.05) is 42.0 Å². The quantitative estimate of drug-likeness (QED) is 0.0843. The molecule has 7 aromatic rings. The van der Waals surface area contributed by atoms with Gasteiger partial charge in [-0.3, -0.25) is 48.2 Å². The van der Waals surface area contributed by atoms with Gasteiger partial charge < -0.3 is 20.7 Å². The number of nitrogens with one attached hydrogen (secondary N) is 3. The number of rotatable bonds is 17. The highest BCUT2D eigenvalue weighted by Crippen LogP contribution is 2.41. The molecule has 25 heteroatoms. The molecule has 0 bridgehead atoms. The zero-order valence-electron chi connectivity index (χ0n) is 39.9. The minimum Gasteiger partial charge on any atom is -0.484 e. The van der Waals surface area contributed by atoms with Crippen molar-refractivity contribution in [3.63, 3.8) is 0 Å². The van der Waals surface area contributed by atoms with Crippen LogP contribution < -0.4 is 25.8 Å². The van der Waals surface area contributed by atoms with Crippen LogP contribution in [0.4, 0.5) is 30.4 Å². The fourth-order valence-electron chi connectivity index (χ4n) is 9.68. The van der Waals surface area contributed by atoms with Gasteiger partial charge >= 0.3 is 5.76 Å². The van der Waals surface area contributed by atoms with E-state index < -0.39 is 57.4 Å². The van der Waals surface area contributed by atoms with Crippen molar-refractivity contribution in [3.8, 4) is 28.1 Å². The summed E-state index contributed by atoms with van der Waals surface area (Å²) >= 11 is 0. The van der Waals surface area contributed by atoms with Gasteiger partial charge in [0.1, 0.15) is 35.2 Å². The van der Waals surface area contributed by atoms with E-state index in [1.807, 2.05) is 21.8 Å². The van der Waals surface area contributed by atoms with Crippen molar-refractivity contribution in [2.24, 2.45) is 7.05 Å². The molecule has 21 nitrogen and oxygen atoms in total. The van der Waals surface area contributed by atoms with Gasteiger partial charge in [-0.1, -0.05) is 29.5 Å². The van der Waals surface area contributed by atoms with E-state index in [1.165, 1.54) is 42.5 Å². The number of hydrogen-bond acceptors (Lipinski definition) is 15.